The lowest BCUT2D eigenvalue weighted by molar-refractivity contribution is -0.137. The van der Waals surface area contributed by atoms with Crippen molar-refractivity contribution in [3.05, 3.63) is 45.9 Å². The molecule has 0 saturated carbocycles. The highest BCUT2D eigenvalue weighted by Crippen LogP contribution is 2.36. The molecule has 0 bridgehead atoms. The number of halogens is 5. The Kier molecular flexibility index (Phi) is 4.64. The molecule has 112 valence electrons. The van der Waals surface area contributed by atoms with E-state index < -0.39 is 11.7 Å². The molecule has 0 fully saturated rings. The second-order valence-electron chi connectivity index (χ2n) is 4.28. The van der Waals surface area contributed by atoms with Crippen LogP contribution in [-0.4, -0.2) is 11.5 Å². The van der Waals surface area contributed by atoms with Crippen LogP contribution in [0.2, 0.25) is 10.0 Å². The van der Waals surface area contributed by atoms with E-state index in [4.69, 9.17) is 23.2 Å². The van der Waals surface area contributed by atoms with Crippen LogP contribution in [0, 0.1) is 0 Å². The van der Waals surface area contributed by atoms with Gasteiger partial charge in [-0.15, -0.1) is 0 Å². The van der Waals surface area contributed by atoms with Crippen molar-refractivity contribution in [2.75, 3.05) is 11.9 Å². The molecule has 0 aliphatic carbocycles. The Labute approximate surface area is 129 Å². The minimum absolute atomic E-state index is 0.119. The van der Waals surface area contributed by atoms with Gasteiger partial charge in [0.25, 0.3) is 0 Å². The summed E-state index contributed by atoms with van der Waals surface area (Å²) in [5.41, 5.74) is -0.317. The molecule has 1 N–H and O–H groups in total. The minimum Gasteiger partial charge on any atom is -0.370 e. The summed E-state index contributed by atoms with van der Waals surface area (Å²) in [6, 6.07) is 6.49. The van der Waals surface area contributed by atoms with Crippen LogP contribution in [0.15, 0.2) is 30.3 Å². The van der Waals surface area contributed by atoms with Gasteiger partial charge in [-0.3, -0.25) is 0 Å². The van der Waals surface area contributed by atoms with Gasteiger partial charge in [0.2, 0.25) is 0 Å². The Morgan fingerprint density at radius 2 is 1.86 bits per heavy atom. The van der Waals surface area contributed by atoms with E-state index in [2.05, 4.69) is 10.3 Å². The normalized spacial score (nSPS) is 11.5. The molecule has 0 atom stereocenters. The van der Waals surface area contributed by atoms with Gasteiger partial charge in [-0.2, -0.15) is 13.2 Å². The fraction of sp³-hybridized carbons (Fsp3) is 0.214. The fourth-order valence-corrected chi connectivity index (χ4v) is 2.18. The molecule has 0 unspecified atom stereocenters. The molecule has 21 heavy (non-hydrogen) atoms. The lowest BCUT2D eigenvalue weighted by atomic mass is 10.1. The van der Waals surface area contributed by atoms with Crippen LogP contribution in [0.1, 0.15) is 12.5 Å². The summed E-state index contributed by atoms with van der Waals surface area (Å²) in [4.78, 5) is 4.15. The molecule has 0 saturated heterocycles. The first-order valence-corrected chi connectivity index (χ1v) is 6.85. The average Bonchev–Trinajstić information content (AvgIpc) is 2.40. The number of nitrogens with one attached hydrogen (secondary N) is 1. The summed E-state index contributed by atoms with van der Waals surface area (Å²) < 4.78 is 38.9. The minimum atomic E-state index is -4.47. The predicted molar refractivity (Wildman–Crippen MR) is 78.9 cm³/mol. The molecule has 0 aliphatic heterocycles. The number of pyridine rings is 1. The van der Waals surface area contributed by atoms with Crippen LogP contribution in [0.25, 0.3) is 11.3 Å². The van der Waals surface area contributed by atoms with E-state index >= 15 is 0 Å². The second-order valence-corrected chi connectivity index (χ2v) is 5.12. The third kappa shape index (κ3) is 3.80. The Balaban J connectivity index is 2.62. The highest BCUT2D eigenvalue weighted by atomic mass is 35.5. The molecule has 1 heterocycles. The highest BCUT2D eigenvalue weighted by Gasteiger charge is 2.32. The number of alkyl halides is 3. The number of hydrogen-bond acceptors (Lipinski definition) is 2. The summed E-state index contributed by atoms with van der Waals surface area (Å²) in [6.07, 6.45) is -4.47. The van der Waals surface area contributed by atoms with Crippen LogP contribution in [-0.2, 0) is 6.18 Å². The number of anilines is 1. The van der Waals surface area contributed by atoms with Crippen LogP contribution in [0.3, 0.4) is 0 Å². The van der Waals surface area contributed by atoms with Crippen LogP contribution in [0.4, 0.5) is 19.0 Å². The van der Waals surface area contributed by atoms with Gasteiger partial charge >= 0.3 is 6.18 Å². The fourth-order valence-electron chi connectivity index (χ4n) is 1.80. The van der Waals surface area contributed by atoms with Crippen molar-refractivity contribution in [1.82, 2.24) is 4.98 Å². The van der Waals surface area contributed by atoms with E-state index in [9.17, 15) is 13.2 Å². The molecule has 1 aromatic carbocycles. The molecule has 2 aromatic rings. The third-order valence-corrected chi connectivity index (χ3v) is 3.28. The van der Waals surface area contributed by atoms with Crippen molar-refractivity contribution in [1.29, 1.82) is 0 Å². The molecule has 1 aromatic heterocycles. The summed E-state index contributed by atoms with van der Waals surface area (Å²) in [7, 11) is 0. The van der Waals surface area contributed by atoms with Crippen molar-refractivity contribution < 1.29 is 13.2 Å². The smallest absolute Gasteiger partial charge is 0.370 e. The van der Waals surface area contributed by atoms with E-state index in [-0.39, 0.29) is 16.5 Å². The zero-order valence-electron chi connectivity index (χ0n) is 10.9. The number of aromatic nitrogens is 1. The lowest BCUT2D eigenvalue weighted by Crippen LogP contribution is -2.08. The summed E-state index contributed by atoms with van der Waals surface area (Å²) >= 11 is 11.9. The van der Waals surface area contributed by atoms with E-state index in [1.54, 1.807) is 13.0 Å². The Hall–Kier alpha value is -1.46. The van der Waals surface area contributed by atoms with Crippen molar-refractivity contribution in [2.24, 2.45) is 0 Å². The van der Waals surface area contributed by atoms with Gasteiger partial charge in [-0.1, -0.05) is 23.2 Å². The van der Waals surface area contributed by atoms with E-state index in [0.717, 1.165) is 12.1 Å². The Morgan fingerprint density at radius 3 is 2.48 bits per heavy atom. The molecule has 0 amide bonds. The summed E-state index contributed by atoms with van der Waals surface area (Å²) in [6.45, 7) is 2.23. The number of hydrogen-bond donors (Lipinski definition) is 1. The SMILES string of the molecule is CCNc1cc(C(F)(F)F)cc(-c2cc(Cl)ccc2Cl)n1. The molecular formula is C14H11Cl2F3N2. The van der Waals surface area contributed by atoms with Gasteiger partial charge in [0, 0.05) is 17.1 Å². The average molecular weight is 335 g/mol. The maximum atomic E-state index is 13.0. The van der Waals surface area contributed by atoms with Crippen molar-refractivity contribution in [3.63, 3.8) is 0 Å². The zero-order valence-corrected chi connectivity index (χ0v) is 12.4. The first-order valence-electron chi connectivity index (χ1n) is 6.10. The first-order chi connectivity index (χ1) is 9.81. The molecule has 0 aliphatic rings. The number of benzene rings is 1. The van der Waals surface area contributed by atoms with E-state index in [1.165, 1.54) is 12.1 Å². The molecule has 2 nitrogen and oxygen atoms in total. The van der Waals surface area contributed by atoms with Gasteiger partial charge in [-0.25, -0.2) is 4.98 Å². The van der Waals surface area contributed by atoms with Gasteiger partial charge < -0.3 is 5.32 Å². The van der Waals surface area contributed by atoms with Gasteiger partial charge in [0.1, 0.15) is 5.82 Å². The van der Waals surface area contributed by atoms with E-state index in [1.807, 2.05) is 0 Å². The van der Waals surface area contributed by atoms with Crippen molar-refractivity contribution in [3.8, 4) is 11.3 Å². The van der Waals surface area contributed by atoms with Crippen LogP contribution in [0.5, 0.6) is 0 Å². The maximum Gasteiger partial charge on any atom is 0.416 e. The number of nitrogens with zero attached hydrogens (tertiary/aromatic N) is 1. The highest BCUT2D eigenvalue weighted by molar-refractivity contribution is 6.35. The molecule has 7 heteroatoms. The molecule has 0 spiro atoms. The largest absolute Gasteiger partial charge is 0.416 e. The predicted octanol–water partition coefficient (Wildman–Crippen LogP) is 5.51. The van der Waals surface area contributed by atoms with Gasteiger partial charge in [0.05, 0.1) is 16.3 Å². The Bertz CT molecular complexity index is 657. The van der Waals surface area contributed by atoms with Crippen LogP contribution < -0.4 is 5.32 Å². The summed E-state index contributed by atoms with van der Waals surface area (Å²) in [5, 5.41) is 3.44. The second kappa shape index (κ2) is 6.12. The molecular weight excluding hydrogens is 324 g/mol. The van der Waals surface area contributed by atoms with Gasteiger partial charge in [-0.05, 0) is 37.3 Å². The van der Waals surface area contributed by atoms with Crippen molar-refractivity contribution in [2.45, 2.75) is 13.1 Å². The number of rotatable bonds is 3. The first kappa shape index (κ1) is 15.9. The zero-order chi connectivity index (χ0) is 15.6. The van der Waals surface area contributed by atoms with E-state index in [0.29, 0.717) is 17.1 Å². The van der Waals surface area contributed by atoms with Gasteiger partial charge in [0.15, 0.2) is 0 Å². The third-order valence-electron chi connectivity index (χ3n) is 2.71. The lowest BCUT2D eigenvalue weighted by Gasteiger charge is -2.13. The van der Waals surface area contributed by atoms with Crippen LogP contribution >= 0.6 is 23.2 Å². The quantitative estimate of drug-likeness (QED) is 0.800. The maximum absolute atomic E-state index is 13.0. The topological polar surface area (TPSA) is 24.9 Å². The van der Waals surface area contributed by atoms with Crippen molar-refractivity contribution >= 4 is 29.0 Å². The molecule has 2 rings (SSSR count). The molecule has 0 radical (unpaired) electrons. The monoisotopic (exact) mass is 334 g/mol. The Morgan fingerprint density at radius 1 is 1.14 bits per heavy atom. The standard InChI is InChI=1S/C14H11Cl2F3N2/c1-2-20-13-6-8(14(17,18)19)5-12(21-13)10-7-9(15)3-4-11(10)16/h3-7H,2H2,1H3,(H,20,21). The summed E-state index contributed by atoms with van der Waals surface area (Å²) in [5.74, 6) is 0.137.